The molecule has 0 radical (unpaired) electrons. The van der Waals surface area contributed by atoms with Gasteiger partial charge in [-0.25, -0.2) is 4.39 Å². The number of ether oxygens (including phenoxy) is 1. The van der Waals surface area contributed by atoms with Crippen molar-refractivity contribution < 1.29 is 18.7 Å². The molecule has 0 bridgehead atoms. The monoisotopic (exact) mass is 285 g/mol. The van der Waals surface area contributed by atoms with Crippen LogP contribution in [0.4, 0.5) is 4.39 Å². The van der Waals surface area contributed by atoms with Gasteiger partial charge >= 0.3 is 5.97 Å². The first-order chi connectivity index (χ1) is 9.02. The summed E-state index contributed by atoms with van der Waals surface area (Å²) in [5.74, 6) is -1.65. The predicted octanol–water partition coefficient (Wildman–Crippen LogP) is 2.22. The highest BCUT2D eigenvalue weighted by Crippen LogP contribution is 2.34. The Morgan fingerprint density at radius 2 is 2.26 bits per heavy atom. The smallest absolute Gasteiger partial charge is 0.311 e. The molecule has 6 heteroatoms. The summed E-state index contributed by atoms with van der Waals surface area (Å²) in [5.41, 5.74) is 0.394. The number of esters is 1. The number of carbonyl (C=O) groups excluding carboxylic acids is 2. The molecule has 1 N–H and O–H groups in total. The van der Waals surface area contributed by atoms with Crippen molar-refractivity contribution in [2.75, 3.05) is 7.11 Å². The molecule has 1 aromatic rings. The van der Waals surface area contributed by atoms with Gasteiger partial charge in [-0.2, -0.15) is 0 Å². The van der Waals surface area contributed by atoms with E-state index in [2.05, 4.69) is 5.32 Å². The number of piperidine rings is 1. The van der Waals surface area contributed by atoms with Gasteiger partial charge in [0.25, 0.3) is 0 Å². The summed E-state index contributed by atoms with van der Waals surface area (Å²) in [5, 5.41) is 2.98. The number of carbonyl (C=O) groups is 2. The largest absolute Gasteiger partial charge is 0.469 e. The Balaban J connectivity index is 2.39. The van der Waals surface area contributed by atoms with Crippen LogP contribution in [0.3, 0.4) is 0 Å². The molecule has 4 nitrogen and oxygen atoms in total. The van der Waals surface area contributed by atoms with Crippen LogP contribution in [0.1, 0.15) is 24.4 Å². The fourth-order valence-corrected chi connectivity index (χ4v) is 2.49. The number of amides is 1. The number of rotatable bonds is 2. The third kappa shape index (κ3) is 2.87. The molecule has 1 aromatic carbocycles. The Morgan fingerprint density at radius 1 is 1.53 bits per heavy atom. The lowest BCUT2D eigenvalue weighted by Gasteiger charge is -2.31. The second-order valence-corrected chi connectivity index (χ2v) is 4.79. The maximum Gasteiger partial charge on any atom is 0.311 e. The maximum absolute atomic E-state index is 13.3. The van der Waals surface area contributed by atoms with E-state index in [9.17, 15) is 14.0 Å². The van der Waals surface area contributed by atoms with Gasteiger partial charge in [-0.3, -0.25) is 9.59 Å². The molecule has 0 saturated carbocycles. The Kier molecular flexibility index (Phi) is 4.04. The van der Waals surface area contributed by atoms with Crippen LogP contribution in [0.5, 0.6) is 0 Å². The van der Waals surface area contributed by atoms with Crippen LogP contribution in [0, 0.1) is 11.7 Å². The summed E-state index contributed by atoms with van der Waals surface area (Å²) >= 11 is 6.02. The topological polar surface area (TPSA) is 55.4 Å². The highest BCUT2D eigenvalue weighted by molar-refractivity contribution is 6.31. The van der Waals surface area contributed by atoms with Gasteiger partial charge in [0.05, 0.1) is 19.1 Å². The van der Waals surface area contributed by atoms with E-state index in [0.29, 0.717) is 17.0 Å². The normalized spacial score (nSPS) is 22.8. The molecule has 102 valence electrons. The van der Waals surface area contributed by atoms with Crippen LogP contribution < -0.4 is 5.32 Å². The molecule has 2 atom stereocenters. The fraction of sp³-hybridized carbons (Fsp3) is 0.385. The van der Waals surface area contributed by atoms with Gasteiger partial charge in [0.2, 0.25) is 5.91 Å². The van der Waals surface area contributed by atoms with E-state index in [0.717, 1.165) is 0 Å². The van der Waals surface area contributed by atoms with Gasteiger partial charge in [0.1, 0.15) is 5.82 Å². The summed E-state index contributed by atoms with van der Waals surface area (Å²) in [6.07, 6.45) is 0.596. The van der Waals surface area contributed by atoms with Gasteiger partial charge in [-0.1, -0.05) is 11.6 Å². The van der Waals surface area contributed by atoms with Gasteiger partial charge < -0.3 is 10.1 Å². The molecule has 1 aliphatic heterocycles. The molecule has 2 unspecified atom stereocenters. The van der Waals surface area contributed by atoms with Crippen molar-refractivity contribution in [3.8, 4) is 0 Å². The Bertz CT molecular complexity index is 521. The molecular weight excluding hydrogens is 273 g/mol. The van der Waals surface area contributed by atoms with Crippen molar-refractivity contribution >= 4 is 23.5 Å². The molecule has 1 saturated heterocycles. The van der Waals surface area contributed by atoms with E-state index < -0.39 is 23.7 Å². The number of nitrogens with one attached hydrogen (secondary N) is 1. The zero-order chi connectivity index (χ0) is 14.0. The van der Waals surface area contributed by atoms with Gasteiger partial charge in [-0.15, -0.1) is 0 Å². The van der Waals surface area contributed by atoms with Crippen molar-refractivity contribution in [1.82, 2.24) is 5.32 Å². The first-order valence-corrected chi connectivity index (χ1v) is 6.23. The molecule has 2 rings (SSSR count). The number of hydrogen-bond donors (Lipinski definition) is 1. The average Bonchev–Trinajstić information content (AvgIpc) is 2.40. The van der Waals surface area contributed by atoms with Crippen molar-refractivity contribution in [3.05, 3.63) is 34.6 Å². The molecule has 1 amide bonds. The lowest BCUT2D eigenvalue weighted by molar-refractivity contribution is -0.148. The van der Waals surface area contributed by atoms with Gasteiger partial charge in [0.15, 0.2) is 0 Å². The average molecular weight is 286 g/mol. The number of benzene rings is 1. The summed E-state index contributed by atoms with van der Waals surface area (Å²) in [4.78, 5) is 23.2. The van der Waals surface area contributed by atoms with Crippen LogP contribution in [0.15, 0.2) is 18.2 Å². The highest BCUT2D eigenvalue weighted by atomic mass is 35.5. The zero-order valence-corrected chi connectivity index (χ0v) is 11.0. The first-order valence-electron chi connectivity index (χ1n) is 5.85. The van der Waals surface area contributed by atoms with Gasteiger partial charge in [-0.05, 0) is 30.2 Å². The predicted molar refractivity (Wildman–Crippen MR) is 67.0 cm³/mol. The van der Waals surface area contributed by atoms with Crippen molar-refractivity contribution in [1.29, 1.82) is 0 Å². The summed E-state index contributed by atoms with van der Waals surface area (Å²) < 4.78 is 18.0. The SMILES string of the molecule is COC(=O)C1CCC(=O)NC1c1cc(F)ccc1Cl. The molecule has 0 aromatic heterocycles. The van der Waals surface area contributed by atoms with Crippen LogP contribution in [0.25, 0.3) is 0 Å². The molecular formula is C13H13ClFNO3. The summed E-state index contributed by atoms with van der Waals surface area (Å²) in [6.45, 7) is 0. The molecule has 0 spiro atoms. The molecule has 1 fully saturated rings. The van der Waals surface area contributed by atoms with E-state index in [4.69, 9.17) is 16.3 Å². The molecule has 1 heterocycles. The van der Waals surface area contributed by atoms with E-state index in [1.807, 2.05) is 0 Å². The van der Waals surface area contributed by atoms with E-state index in [1.165, 1.54) is 25.3 Å². The fourth-order valence-electron chi connectivity index (χ4n) is 2.25. The molecule has 19 heavy (non-hydrogen) atoms. The second kappa shape index (κ2) is 5.57. The highest BCUT2D eigenvalue weighted by Gasteiger charge is 2.36. The molecule has 1 aliphatic rings. The van der Waals surface area contributed by atoms with Crippen LogP contribution >= 0.6 is 11.6 Å². The van der Waals surface area contributed by atoms with E-state index in [-0.39, 0.29) is 12.3 Å². The minimum absolute atomic E-state index is 0.189. The van der Waals surface area contributed by atoms with E-state index >= 15 is 0 Å². The lowest BCUT2D eigenvalue weighted by atomic mass is 9.86. The quantitative estimate of drug-likeness (QED) is 0.848. The Labute approximate surface area is 114 Å². The third-order valence-electron chi connectivity index (χ3n) is 3.20. The summed E-state index contributed by atoms with van der Waals surface area (Å²) in [7, 11) is 1.28. The first kappa shape index (κ1) is 13.8. The van der Waals surface area contributed by atoms with Crippen LogP contribution in [-0.4, -0.2) is 19.0 Å². The Morgan fingerprint density at radius 3 is 2.95 bits per heavy atom. The minimum atomic E-state index is -0.656. The summed E-state index contributed by atoms with van der Waals surface area (Å²) in [6, 6.07) is 3.20. The standard InChI is InChI=1S/C13H13ClFNO3/c1-19-13(18)8-3-5-11(17)16-12(8)9-6-7(15)2-4-10(9)14/h2,4,6,8,12H,3,5H2,1H3,(H,16,17). The van der Waals surface area contributed by atoms with Crippen LogP contribution in [-0.2, 0) is 14.3 Å². The lowest BCUT2D eigenvalue weighted by Crippen LogP contribution is -2.42. The minimum Gasteiger partial charge on any atom is -0.469 e. The van der Waals surface area contributed by atoms with Crippen molar-refractivity contribution in [3.63, 3.8) is 0 Å². The Hall–Kier alpha value is -1.62. The zero-order valence-electron chi connectivity index (χ0n) is 10.3. The number of methoxy groups -OCH3 is 1. The maximum atomic E-state index is 13.3. The third-order valence-corrected chi connectivity index (χ3v) is 3.54. The van der Waals surface area contributed by atoms with Crippen molar-refractivity contribution in [2.24, 2.45) is 5.92 Å². The molecule has 0 aliphatic carbocycles. The second-order valence-electron chi connectivity index (χ2n) is 4.38. The van der Waals surface area contributed by atoms with Crippen LogP contribution in [0.2, 0.25) is 5.02 Å². The van der Waals surface area contributed by atoms with Gasteiger partial charge in [0, 0.05) is 11.4 Å². The number of hydrogen-bond acceptors (Lipinski definition) is 3. The van der Waals surface area contributed by atoms with Crippen molar-refractivity contribution in [2.45, 2.75) is 18.9 Å². The van der Waals surface area contributed by atoms with E-state index in [1.54, 1.807) is 0 Å². The number of halogens is 2.